The average molecular weight is 430 g/mol. The highest BCUT2D eigenvalue weighted by Gasteiger charge is 2.25. The third kappa shape index (κ3) is 6.14. The van der Waals surface area contributed by atoms with E-state index in [9.17, 15) is 4.79 Å². The van der Waals surface area contributed by atoms with E-state index in [0.29, 0.717) is 6.61 Å². The summed E-state index contributed by atoms with van der Waals surface area (Å²) in [7, 11) is 0. The van der Waals surface area contributed by atoms with Gasteiger partial charge in [0.2, 0.25) is 0 Å². The SMILES string of the molecule is CCOC(C(=O)c1c(C)cc(CSC(=S)N(CC)CC)cc1C)c1ccccc1. The number of rotatable bonds is 9. The molecule has 0 aliphatic rings. The van der Waals surface area contributed by atoms with E-state index in [1.54, 1.807) is 11.8 Å². The minimum absolute atomic E-state index is 0.0194. The first kappa shape index (κ1) is 23.6. The molecule has 0 aromatic heterocycles. The fourth-order valence-electron chi connectivity index (χ4n) is 3.49. The number of thioether (sulfide) groups is 1. The Bertz CT molecular complexity index is 809. The predicted molar refractivity (Wildman–Crippen MR) is 128 cm³/mol. The van der Waals surface area contributed by atoms with Gasteiger partial charge in [0.25, 0.3) is 0 Å². The zero-order valence-corrected chi connectivity index (χ0v) is 19.7. The third-order valence-corrected chi connectivity index (χ3v) is 6.49. The highest BCUT2D eigenvalue weighted by atomic mass is 32.2. The summed E-state index contributed by atoms with van der Waals surface area (Å²) in [4.78, 5) is 15.5. The van der Waals surface area contributed by atoms with Gasteiger partial charge in [-0.05, 0) is 56.9 Å². The van der Waals surface area contributed by atoms with E-state index in [1.807, 2.05) is 51.1 Å². The number of hydrogen-bond acceptors (Lipinski definition) is 4. The molecule has 2 aromatic rings. The van der Waals surface area contributed by atoms with E-state index >= 15 is 0 Å². The molecule has 2 aromatic carbocycles. The van der Waals surface area contributed by atoms with E-state index in [-0.39, 0.29) is 5.78 Å². The first-order valence-corrected chi connectivity index (χ1v) is 11.5. The summed E-state index contributed by atoms with van der Waals surface area (Å²) in [5.41, 5.74) is 4.80. The molecule has 29 heavy (non-hydrogen) atoms. The summed E-state index contributed by atoms with van der Waals surface area (Å²) in [6.45, 7) is 12.5. The molecule has 0 aliphatic heterocycles. The molecule has 0 bridgehead atoms. The summed E-state index contributed by atoms with van der Waals surface area (Å²) in [5.74, 6) is 0.824. The maximum Gasteiger partial charge on any atom is 0.196 e. The normalized spacial score (nSPS) is 11.9. The van der Waals surface area contributed by atoms with Gasteiger partial charge in [0.05, 0.1) is 0 Å². The third-order valence-electron chi connectivity index (χ3n) is 4.90. The van der Waals surface area contributed by atoms with E-state index in [2.05, 4.69) is 30.9 Å². The number of carbonyl (C=O) groups is 1. The smallest absolute Gasteiger partial charge is 0.196 e. The summed E-state index contributed by atoms with van der Waals surface area (Å²) < 4.78 is 6.76. The van der Waals surface area contributed by atoms with Crippen LogP contribution in [0.3, 0.4) is 0 Å². The van der Waals surface area contributed by atoms with Crippen LogP contribution in [0.15, 0.2) is 42.5 Å². The summed E-state index contributed by atoms with van der Waals surface area (Å²) in [6, 6.07) is 13.9. The van der Waals surface area contributed by atoms with Crippen molar-refractivity contribution >= 4 is 34.1 Å². The van der Waals surface area contributed by atoms with Gasteiger partial charge < -0.3 is 9.64 Å². The second-order valence-electron chi connectivity index (χ2n) is 6.94. The number of carbonyl (C=O) groups excluding carboxylic acids is 1. The van der Waals surface area contributed by atoms with Crippen molar-refractivity contribution < 1.29 is 9.53 Å². The van der Waals surface area contributed by atoms with Crippen LogP contribution in [0.4, 0.5) is 0 Å². The largest absolute Gasteiger partial charge is 0.366 e. The molecule has 0 N–H and O–H groups in total. The molecule has 0 saturated heterocycles. The zero-order valence-electron chi connectivity index (χ0n) is 18.0. The van der Waals surface area contributed by atoms with Crippen LogP contribution < -0.4 is 0 Å². The Morgan fingerprint density at radius 2 is 1.66 bits per heavy atom. The second-order valence-corrected chi connectivity index (χ2v) is 8.55. The molecular weight excluding hydrogens is 398 g/mol. The van der Waals surface area contributed by atoms with Gasteiger partial charge in [0, 0.05) is 31.0 Å². The highest BCUT2D eigenvalue weighted by Crippen LogP contribution is 2.28. The van der Waals surface area contributed by atoms with Crippen molar-refractivity contribution in [3.63, 3.8) is 0 Å². The number of aryl methyl sites for hydroxylation is 2. The van der Waals surface area contributed by atoms with Crippen LogP contribution in [0, 0.1) is 13.8 Å². The number of ketones is 1. The fraction of sp³-hybridized carbons (Fsp3) is 0.417. The lowest BCUT2D eigenvalue weighted by Crippen LogP contribution is -2.26. The molecule has 5 heteroatoms. The maximum atomic E-state index is 13.4. The van der Waals surface area contributed by atoms with Crippen molar-refractivity contribution in [2.24, 2.45) is 0 Å². The van der Waals surface area contributed by atoms with Crippen LogP contribution in [0.1, 0.15) is 59.5 Å². The molecule has 1 unspecified atom stereocenters. The standard InChI is InChI=1S/C24H31NO2S2/c1-6-25(7-2)24(28)29-16-19-14-17(4)21(18(5)15-19)22(26)23(27-8-3)20-12-10-9-11-13-20/h9-15,23H,6-8,16H2,1-5H3. The van der Waals surface area contributed by atoms with Crippen LogP contribution in [0.2, 0.25) is 0 Å². The molecule has 0 amide bonds. The van der Waals surface area contributed by atoms with Crippen molar-refractivity contribution in [1.29, 1.82) is 0 Å². The number of nitrogens with zero attached hydrogens (tertiary/aromatic N) is 1. The molecule has 0 radical (unpaired) electrons. The van der Waals surface area contributed by atoms with Gasteiger partial charge in [-0.25, -0.2) is 0 Å². The number of thiocarbonyl (C=S) groups is 1. The van der Waals surface area contributed by atoms with Gasteiger partial charge in [-0.1, -0.05) is 66.4 Å². The highest BCUT2D eigenvalue weighted by molar-refractivity contribution is 8.22. The van der Waals surface area contributed by atoms with Gasteiger partial charge in [-0.2, -0.15) is 0 Å². The van der Waals surface area contributed by atoms with Crippen LogP contribution in [-0.2, 0) is 10.5 Å². The van der Waals surface area contributed by atoms with Crippen LogP contribution in [0.5, 0.6) is 0 Å². The fourth-order valence-corrected chi connectivity index (χ4v) is 4.82. The van der Waals surface area contributed by atoms with Gasteiger partial charge in [-0.3, -0.25) is 4.79 Å². The molecule has 0 heterocycles. The Morgan fingerprint density at radius 1 is 1.07 bits per heavy atom. The Hall–Kier alpha value is -1.69. The lowest BCUT2D eigenvalue weighted by atomic mass is 9.91. The lowest BCUT2D eigenvalue weighted by molar-refractivity contribution is 0.0451. The first-order valence-electron chi connectivity index (χ1n) is 10.1. The molecule has 0 spiro atoms. The summed E-state index contributed by atoms with van der Waals surface area (Å²) in [6.07, 6.45) is -0.575. The zero-order chi connectivity index (χ0) is 21.4. The molecule has 1 atom stereocenters. The lowest BCUT2D eigenvalue weighted by Gasteiger charge is -2.21. The molecule has 0 saturated carbocycles. The number of ether oxygens (including phenoxy) is 1. The number of benzene rings is 2. The Morgan fingerprint density at radius 3 is 2.17 bits per heavy atom. The summed E-state index contributed by atoms with van der Waals surface area (Å²) in [5, 5.41) is 0. The molecule has 156 valence electrons. The minimum Gasteiger partial charge on any atom is -0.366 e. The molecule has 2 rings (SSSR count). The average Bonchev–Trinajstić information content (AvgIpc) is 2.71. The van der Waals surface area contributed by atoms with Crippen molar-refractivity contribution in [2.45, 2.75) is 46.5 Å². The summed E-state index contributed by atoms with van der Waals surface area (Å²) >= 11 is 7.22. The minimum atomic E-state index is -0.575. The first-order chi connectivity index (χ1) is 13.9. The van der Waals surface area contributed by atoms with Crippen LogP contribution in [-0.4, -0.2) is 34.7 Å². The van der Waals surface area contributed by atoms with E-state index in [4.69, 9.17) is 17.0 Å². The van der Waals surface area contributed by atoms with Gasteiger partial charge in [0.1, 0.15) is 10.4 Å². The molecular formula is C24H31NO2S2. The Balaban J connectivity index is 2.23. The number of Topliss-reactive ketones (excluding diaryl/α,β-unsaturated/α-hetero) is 1. The molecule has 0 aliphatic carbocycles. The van der Waals surface area contributed by atoms with Gasteiger partial charge in [-0.15, -0.1) is 0 Å². The predicted octanol–water partition coefficient (Wildman–Crippen LogP) is 6.12. The van der Waals surface area contributed by atoms with Crippen LogP contribution >= 0.6 is 24.0 Å². The maximum absolute atomic E-state index is 13.4. The monoisotopic (exact) mass is 429 g/mol. The molecule has 3 nitrogen and oxygen atoms in total. The Kier molecular flexibility index (Phi) is 9.34. The second kappa shape index (κ2) is 11.5. The van der Waals surface area contributed by atoms with Crippen molar-refractivity contribution in [2.75, 3.05) is 19.7 Å². The van der Waals surface area contributed by atoms with E-state index in [0.717, 1.165) is 45.4 Å². The van der Waals surface area contributed by atoms with Crippen molar-refractivity contribution in [3.8, 4) is 0 Å². The number of hydrogen-bond donors (Lipinski definition) is 0. The van der Waals surface area contributed by atoms with Crippen LogP contribution in [0.25, 0.3) is 0 Å². The quantitative estimate of drug-likeness (QED) is 0.354. The van der Waals surface area contributed by atoms with Crippen molar-refractivity contribution in [3.05, 3.63) is 70.3 Å². The van der Waals surface area contributed by atoms with Crippen molar-refractivity contribution in [1.82, 2.24) is 4.90 Å². The van der Waals surface area contributed by atoms with E-state index < -0.39 is 6.10 Å². The van der Waals surface area contributed by atoms with E-state index in [1.165, 1.54) is 5.56 Å². The topological polar surface area (TPSA) is 29.5 Å². The van der Waals surface area contributed by atoms with Gasteiger partial charge >= 0.3 is 0 Å². The molecule has 0 fully saturated rings. The Labute approximate surface area is 184 Å². The van der Waals surface area contributed by atoms with Gasteiger partial charge in [0.15, 0.2) is 5.78 Å².